The van der Waals surface area contributed by atoms with Crippen LogP contribution in [0, 0.1) is 5.92 Å². The van der Waals surface area contributed by atoms with Gasteiger partial charge in [-0.25, -0.2) is 0 Å². The van der Waals surface area contributed by atoms with Gasteiger partial charge in [0.05, 0.1) is 12.7 Å². The van der Waals surface area contributed by atoms with E-state index in [1.54, 1.807) is 0 Å². The first-order valence-electron chi connectivity index (χ1n) is 8.35. The summed E-state index contributed by atoms with van der Waals surface area (Å²) in [6.07, 6.45) is 5.30. The lowest BCUT2D eigenvalue weighted by Gasteiger charge is -2.36. The zero-order valence-corrected chi connectivity index (χ0v) is 13.4. The standard InChI is InChI=1S/C16H30N2O3/c1-12(17)14-6-5-8-18(10-14)16(19)13(2)21-11-15-7-3-4-9-20-15/h12-15H,3-11,17H2,1-2H3. The Morgan fingerprint density at radius 1 is 1.33 bits per heavy atom. The van der Waals surface area contributed by atoms with Crippen LogP contribution in [0.1, 0.15) is 46.0 Å². The molecule has 0 saturated carbocycles. The Hall–Kier alpha value is -0.650. The molecule has 5 nitrogen and oxygen atoms in total. The third kappa shape index (κ3) is 4.94. The fourth-order valence-corrected chi connectivity index (χ4v) is 3.16. The maximum absolute atomic E-state index is 12.5. The van der Waals surface area contributed by atoms with E-state index in [1.165, 1.54) is 6.42 Å². The van der Waals surface area contributed by atoms with Crippen molar-refractivity contribution in [3.05, 3.63) is 0 Å². The second-order valence-corrected chi connectivity index (χ2v) is 6.51. The second kappa shape index (κ2) is 8.11. The molecule has 1 amide bonds. The molecule has 2 rings (SSSR count). The van der Waals surface area contributed by atoms with Gasteiger partial charge in [-0.05, 0) is 51.9 Å². The maximum atomic E-state index is 12.5. The Morgan fingerprint density at radius 2 is 2.14 bits per heavy atom. The van der Waals surface area contributed by atoms with Crippen LogP contribution in [0.15, 0.2) is 0 Å². The average molecular weight is 298 g/mol. The normalized spacial score (nSPS) is 30.0. The highest BCUT2D eigenvalue weighted by atomic mass is 16.5. The molecule has 0 aromatic heterocycles. The summed E-state index contributed by atoms with van der Waals surface area (Å²) in [6.45, 7) is 6.81. The van der Waals surface area contributed by atoms with Crippen LogP contribution in [0.4, 0.5) is 0 Å². The van der Waals surface area contributed by atoms with Crippen molar-refractivity contribution in [1.29, 1.82) is 0 Å². The average Bonchev–Trinajstić information content (AvgIpc) is 2.53. The van der Waals surface area contributed by atoms with Crippen LogP contribution >= 0.6 is 0 Å². The molecule has 122 valence electrons. The van der Waals surface area contributed by atoms with E-state index >= 15 is 0 Å². The van der Waals surface area contributed by atoms with Gasteiger partial charge in [-0.1, -0.05) is 0 Å². The maximum Gasteiger partial charge on any atom is 0.251 e. The summed E-state index contributed by atoms with van der Waals surface area (Å²) in [5, 5.41) is 0. The molecule has 4 unspecified atom stereocenters. The van der Waals surface area contributed by atoms with Crippen LogP contribution in [-0.2, 0) is 14.3 Å². The number of nitrogens with zero attached hydrogens (tertiary/aromatic N) is 1. The van der Waals surface area contributed by atoms with Gasteiger partial charge in [0.2, 0.25) is 0 Å². The molecule has 0 aromatic carbocycles. The van der Waals surface area contributed by atoms with E-state index < -0.39 is 0 Å². The Labute approximate surface area is 128 Å². The second-order valence-electron chi connectivity index (χ2n) is 6.51. The van der Waals surface area contributed by atoms with Crippen molar-refractivity contribution in [3.8, 4) is 0 Å². The van der Waals surface area contributed by atoms with Crippen molar-refractivity contribution in [1.82, 2.24) is 4.90 Å². The third-order valence-corrected chi connectivity index (χ3v) is 4.67. The van der Waals surface area contributed by atoms with Gasteiger partial charge in [0.1, 0.15) is 6.10 Å². The van der Waals surface area contributed by atoms with Gasteiger partial charge < -0.3 is 20.1 Å². The van der Waals surface area contributed by atoms with Crippen LogP contribution < -0.4 is 5.73 Å². The molecule has 2 aliphatic rings. The fourth-order valence-electron chi connectivity index (χ4n) is 3.16. The summed E-state index contributed by atoms with van der Waals surface area (Å²) in [4.78, 5) is 14.4. The SMILES string of the molecule is CC(OCC1CCCCO1)C(=O)N1CCCC(C(C)N)C1. The van der Waals surface area contributed by atoms with E-state index in [-0.39, 0.29) is 24.2 Å². The number of hydrogen-bond donors (Lipinski definition) is 1. The number of carbonyl (C=O) groups is 1. The van der Waals surface area contributed by atoms with Crippen LogP contribution in [0.5, 0.6) is 0 Å². The van der Waals surface area contributed by atoms with E-state index in [2.05, 4.69) is 0 Å². The van der Waals surface area contributed by atoms with Crippen molar-refractivity contribution < 1.29 is 14.3 Å². The highest BCUT2D eigenvalue weighted by molar-refractivity contribution is 5.80. The van der Waals surface area contributed by atoms with Gasteiger partial charge in [0, 0.05) is 25.7 Å². The van der Waals surface area contributed by atoms with E-state index in [1.807, 2.05) is 18.7 Å². The van der Waals surface area contributed by atoms with Crippen molar-refractivity contribution in [2.75, 3.05) is 26.3 Å². The predicted octanol–water partition coefficient (Wildman–Crippen LogP) is 1.55. The van der Waals surface area contributed by atoms with Crippen molar-refractivity contribution in [2.24, 2.45) is 11.7 Å². The minimum absolute atomic E-state index is 0.0937. The van der Waals surface area contributed by atoms with E-state index in [9.17, 15) is 4.79 Å². The van der Waals surface area contributed by atoms with E-state index in [4.69, 9.17) is 15.2 Å². The molecule has 0 radical (unpaired) electrons. The molecule has 0 spiro atoms. The summed E-state index contributed by atoms with van der Waals surface area (Å²) in [5.74, 6) is 0.507. The zero-order chi connectivity index (χ0) is 15.2. The van der Waals surface area contributed by atoms with Gasteiger partial charge in [0.25, 0.3) is 5.91 Å². The van der Waals surface area contributed by atoms with Crippen LogP contribution in [0.25, 0.3) is 0 Å². The number of ether oxygens (including phenoxy) is 2. The Bertz CT molecular complexity index is 329. The highest BCUT2D eigenvalue weighted by Crippen LogP contribution is 2.20. The third-order valence-electron chi connectivity index (χ3n) is 4.67. The first kappa shape index (κ1) is 16.7. The number of hydrogen-bond acceptors (Lipinski definition) is 4. The van der Waals surface area contributed by atoms with E-state index in [0.29, 0.717) is 12.5 Å². The molecule has 5 heteroatoms. The summed E-state index contributed by atoms with van der Waals surface area (Å²) < 4.78 is 11.4. The molecule has 2 fully saturated rings. The lowest BCUT2D eigenvalue weighted by Crippen LogP contribution is -2.48. The number of nitrogens with two attached hydrogens (primary N) is 1. The molecule has 2 heterocycles. The molecule has 2 saturated heterocycles. The lowest BCUT2D eigenvalue weighted by molar-refractivity contribution is -0.148. The summed E-state index contributed by atoms with van der Waals surface area (Å²) >= 11 is 0. The van der Waals surface area contributed by atoms with Crippen LogP contribution in [0.3, 0.4) is 0 Å². The Balaban J connectivity index is 1.75. The largest absolute Gasteiger partial charge is 0.376 e. The predicted molar refractivity (Wildman–Crippen MR) is 82.0 cm³/mol. The van der Waals surface area contributed by atoms with Gasteiger partial charge in [-0.15, -0.1) is 0 Å². The Morgan fingerprint density at radius 3 is 2.81 bits per heavy atom. The molecule has 2 N–H and O–H groups in total. The Kier molecular flexibility index (Phi) is 6.45. The first-order valence-corrected chi connectivity index (χ1v) is 8.35. The van der Waals surface area contributed by atoms with Crippen molar-refractivity contribution in [2.45, 2.75) is 64.2 Å². The molecule has 0 aromatic rings. The zero-order valence-electron chi connectivity index (χ0n) is 13.4. The number of rotatable bonds is 5. The van der Waals surface area contributed by atoms with Crippen LogP contribution in [-0.4, -0.2) is 55.4 Å². The number of piperidine rings is 1. The molecule has 21 heavy (non-hydrogen) atoms. The smallest absolute Gasteiger partial charge is 0.251 e. The summed E-state index contributed by atoms with van der Waals surface area (Å²) in [6, 6.07) is 0.146. The van der Waals surface area contributed by atoms with Gasteiger partial charge in [-0.2, -0.15) is 0 Å². The van der Waals surface area contributed by atoms with E-state index in [0.717, 1.165) is 45.4 Å². The quantitative estimate of drug-likeness (QED) is 0.836. The highest BCUT2D eigenvalue weighted by Gasteiger charge is 2.29. The molecular formula is C16H30N2O3. The monoisotopic (exact) mass is 298 g/mol. The van der Waals surface area contributed by atoms with Gasteiger partial charge in [0.15, 0.2) is 0 Å². The molecule has 4 atom stereocenters. The topological polar surface area (TPSA) is 64.8 Å². The summed E-state index contributed by atoms with van der Waals surface area (Å²) in [7, 11) is 0. The summed E-state index contributed by atoms with van der Waals surface area (Å²) in [5.41, 5.74) is 5.98. The number of carbonyl (C=O) groups excluding carboxylic acids is 1. The van der Waals surface area contributed by atoms with Crippen molar-refractivity contribution in [3.63, 3.8) is 0 Å². The lowest BCUT2D eigenvalue weighted by atomic mass is 9.92. The van der Waals surface area contributed by atoms with Gasteiger partial charge >= 0.3 is 0 Å². The van der Waals surface area contributed by atoms with Crippen molar-refractivity contribution >= 4 is 5.91 Å². The molecule has 2 aliphatic heterocycles. The molecule has 0 bridgehead atoms. The van der Waals surface area contributed by atoms with Crippen LogP contribution in [0.2, 0.25) is 0 Å². The minimum atomic E-state index is -0.387. The number of likely N-dealkylation sites (tertiary alicyclic amines) is 1. The molecular weight excluding hydrogens is 268 g/mol. The fraction of sp³-hybridized carbons (Fsp3) is 0.938. The molecule has 0 aliphatic carbocycles. The van der Waals surface area contributed by atoms with Gasteiger partial charge in [-0.3, -0.25) is 4.79 Å². The number of amides is 1. The first-order chi connectivity index (χ1) is 10.1. The minimum Gasteiger partial charge on any atom is -0.376 e.